The Morgan fingerprint density at radius 3 is 2.24 bits per heavy atom. The molecule has 5 N–H and O–H groups in total. The average molecular weight is 654 g/mol. The number of rotatable bonds is 12. The number of benzene rings is 1. The number of carbonyl (C=O) groups excluding carboxylic acids is 5. The van der Waals surface area contributed by atoms with Crippen molar-refractivity contribution in [2.75, 3.05) is 12.3 Å². The monoisotopic (exact) mass is 653 g/mol. The van der Waals surface area contributed by atoms with E-state index in [2.05, 4.69) is 41.9 Å². The molecule has 4 fully saturated rings. The lowest BCUT2D eigenvalue weighted by molar-refractivity contribution is -0.145. The molecule has 1 aliphatic heterocycles. The van der Waals surface area contributed by atoms with E-state index in [4.69, 9.17) is 5.73 Å². The van der Waals surface area contributed by atoms with Crippen LogP contribution in [-0.4, -0.2) is 70.4 Å². The van der Waals surface area contributed by atoms with Gasteiger partial charge in [-0.15, -0.1) is 11.8 Å². The molecule has 46 heavy (non-hydrogen) atoms. The molecule has 0 radical (unpaired) electrons. The van der Waals surface area contributed by atoms with Gasteiger partial charge in [0.1, 0.15) is 12.1 Å². The maximum atomic E-state index is 14.4. The molecule has 10 nitrogen and oxygen atoms in total. The zero-order valence-electron chi connectivity index (χ0n) is 27.9. The van der Waals surface area contributed by atoms with Crippen LogP contribution in [0.1, 0.15) is 86.0 Å². The molecule has 1 aromatic carbocycles. The van der Waals surface area contributed by atoms with Crippen LogP contribution in [0.25, 0.3) is 0 Å². The second kappa shape index (κ2) is 13.2. The van der Waals surface area contributed by atoms with Gasteiger partial charge >= 0.3 is 6.03 Å². The third-order valence-corrected chi connectivity index (χ3v) is 12.0. The second-order valence-corrected chi connectivity index (χ2v) is 16.7. The van der Waals surface area contributed by atoms with Crippen molar-refractivity contribution in [1.29, 1.82) is 0 Å². The smallest absolute Gasteiger partial charge is 0.315 e. The fourth-order valence-electron chi connectivity index (χ4n) is 7.66. The molecule has 4 aliphatic rings. The summed E-state index contributed by atoms with van der Waals surface area (Å²) >= 11 is 1.73. The highest BCUT2D eigenvalue weighted by Crippen LogP contribution is 2.65. The van der Waals surface area contributed by atoms with Crippen LogP contribution in [0.5, 0.6) is 0 Å². The van der Waals surface area contributed by atoms with Crippen molar-refractivity contribution in [1.82, 2.24) is 20.9 Å². The normalized spacial score (nSPS) is 25.8. The van der Waals surface area contributed by atoms with E-state index in [0.717, 1.165) is 55.6 Å². The topological polar surface area (TPSA) is 151 Å². The van der Waals surface area contributed by atoms with Gasteiger partial charge in [0, 0.05) is 17.2 Å². The predicted octanol–water partition coefficient (Wildman–Crippen LogP) is 4.02. The molecule has 252 valence electrons. The van der Waals surface area contributed by atoms with Crippen LogP contribution in [0.4, 0.5) is 4.79 Å². The molecular weight excluding hydrogens is 602 g/mol. The predicted molar refractivity (Wildman–Crippen MR) is 178 cm³/mol. The first-order valence-electron chi connectivity index (χ1n) is 16.8. The summed E-state index contributed by atoms with van der Waals surface area (Å²) in [4.78, 5) is 69.2. The third-order valence-electron chi connectivity index (χ3n) is 10.7. The Balaban J connectivity index is 1.31. The second-order valence-electron chi connectivity index (χ2n) is 15.7. The van der Waals surface area contributed by atoms with Crippen molar-refractivity contribution in [3.05, 3.63) is 30.3 Å². The van der Waals surface area contributed by atoms with Gasteiger partial charge in [-0.05, 0) is 60.0 Å². The first-order chi connectivity index (χ1) is 21.6. The van der Waals surface area contributed by atoms with E-state index < -0.39 is 41.1 Å². The van der Waals surface area contributed by atoms with Gasteiger partial charge in [0.15, 0.2) is 0 Å². The number of Topliss-reactive ketones (excluding diaryl/α,β-unsaturated/α-hetero) is 1. The molecule has 5 rings (SSSR count). The van der Waals surface area contributed by atoms with Gasteiger partial charge in [0.05, 0.1) is 11.6 Å². The van der Waals surface area contributed by atoms with Crippen molar-refractivity contribution in [3.63, 3.8) is 0 Å². The summed E-state index contributed by atoms with van der Waals surface area (Å²) in [6, 6.07) is 7.07. The minimum atomic E-state index is -1.07. The summed E-state index contributed by atoms with van der Waals surface area (Å²) in [5.41, 5.74) is 4.14. The minimum absolute atomic E-state index is 0.0864. The van der Waals surface area contributed by atoms with Crippen molar-refractivity contribution in [2.45, 2.75) is 115 Å². The lowest BCUT2D eigenvalue weighted by atomic mass is 9.83. The van der Waals surface area contributed by atoms with Crippen molar-refractivity contribution in [3.8, 4) is 0 Å². The summed E-state index contributed by atoms with van der Waals surface area (Å²) in [6.45, 7) is 10.3. The van der Waals surface area contributed by atoms with E-state index in [9.17, 15) is 24.0 Å². The number of piperidine rings is 1. The van der Waals surface area contributed by atoms with Crippen LogP contribution in [0.15, 0.2) is 35.2 Å². The van der Waals surface area contributed by atoms with Gasteiger partial charge in [-0.25, -0.2) is 4.79 Å². The first-order valence-corrected chi connectivity index (χ1v) is 17.8. The SMILES string of the molecule is CC(C)(C)[C@H](NC(=O)NC1(CSc2ccccc2)CCCCC1)C(=O)N1C[C@H]2[C@@H]([C@H]1C(=O)NC(CC1CC1)C(=O)C(N)=O)C2(C)C. The molecule has 1 unspecified atom stereocenters. The zero-order chi connectivity index (χ0) is 33.4. The lowest BCUT2D eigenvalue weighted by Gasteiger charge is -2.40. The Morgan fingerprint density at radius 2 is 1.65 bits per heavy atom. The number of hydrogen-bond acceptors (Lipinski definition) is 6. The Kier molecular flexibility index (Phi) is 9.83. The van der Waals surface area contributed by atoms with Crippen molar-refractivity contribution in [2.24, 2.45) is 34.3 Å². The number of primary amides is 1. The fraction of sp³-hybridized carbons (Fsp3) is 0.686. The van der Waals surface area contributed by atoms with Gasteiger partial charge in [-0.3, -0.25) is 19.2 Å². The van der Waals surface area contributed by atoms with E-state index in [0.29, 0.717) is 13.0 Å². The van der Waals surface area contributed by atoms with Crippen molar-refractivity contribution < 1.29 is 24.0 Å². The molecule has 0 bridgehead atoms. The third kappa shape index (κ3) is 7.55. The molecule has 11 heteroatoms. The van der Waals surface area contributed by atoms with Gasteiger partial charge in [-0.2, -0.15) is 0 Å². The summed E-state index contributed by atoms with van der Waals surface area (Å²) in [6.07, 6.45) is 7.17. The van der Waals surface area contributed by atoms with Gasteiger partial charge in [0.2, 0.25) is 17.6 Å². The maximum absolute atomic E-state index is 14.4. The number of likely N-dealkylation sites (tertiary alicyclic amines) is 1. The number of ketones is 1. The van der Waals surface area contributed by atoms with Crippen LogP contribution in [-0.2, 0) is 19.2 Å². The molecule has 3 saturated carbocycles. The van der Waals surface area contributed by atoms with Crippen molar-refractivity contribution >= 4 is 41.3 Å². The van der Waals surface area contributed by atoms with E-state index in [1.807, 2.05) is 39.0 Å². The van der Waals surface area contributed by atoms with Crippen LogP contribution in [0.2, 0.25) is 0 Å². The van der Waals surface area contributed by atoms with Crippen LogP contribution >= 0.6 is 11.8 Å². The Morgan fingerprint density at radius 1 is 1.00 bits per heavy atom. The van der Waals surface area contributed by atoms with Crippen LogP contribution < -0.4 is 21.7 Å². The van der Waals surface area contributed by atoms with Gasteiger partial charge in [-0.1, -0.05) is 84.9 Å². The highest BCUT2D eigenvalue weighted by molar-refractivity contribution is 7.99. The number of nitrogens with one attached hydrogen (secondary N) is 3. The number of urea groups is 1. The van der Waals surface area contributed by atoms with E-state index >= 15 is 0 Å². The largest absolute Gasteiger partial charge is 0.363 e. The van der Waals surface area contributed by atoms with E-state index in [1.54, 1.807) is 16.7 Å². The Bertz CT molecular complexity index is 1330. The Hall–Kier alpha value is -3.08. The number of carbonyl (C=O) groups is 5. The molecule has 5 amide bonds. The highest BCUT2D eigenvalue weighted by Gasteiger charge is 2.70. The molecule has 0 spiro atoms. The number of nitrogens with two attached hydrogens (primary N) is 1. The molecule has 1 heterocycles. The first kappa shape index (κ1) is 34.3. The van der Waals surface area contributed by atoms with Gasteiger partial charge < -0.3 is 26.6 Å². The summed E-state index contributed by atoms with van der Waals surface area (Å²) in [7, 11) is 0. The molecule has 3 aliphatic carbocycles. The lowest BCUT2D eigenvalue weighted by Crippen LogP contribution is -2.63. The number of hydrogen-bond donors (Lipinski definition) is 4. The highest BCUT2D eigenvalue weighted by atomic mass is 32.2. The number of nitrogens with zero attached hydrogens (tertiary/aromatic N) is 1. The maximum Gasteiger partial charge on any atom is 0.315 e. The number of thioether (sulfide) groups is 1. The van der Waals surface area contributed by atoms with E-state index in [-0.39, 0.29) is 40.6 Å². The molecular formula is C35H51N5O5S. The summed E-state index contributed by atoms with van der Waals surface area (Å²) in [5.74, 6) is -1.60. The van der Waals surface area contributed by atoms with Gasteiger partial charge in [0.25, 0.3) is 5.91 Å². The van der Waals surface area contributed by atoms with Crippen LogP contribution in [0, 0.1) is 28.6 Å². The fourth-order valence-corrected chi connectivity index (χ4v) is 8.81. The standard InChI is InChI=1S/C35H51N5O5S/c1-33(2,3)28(38-32(45)39-35(16-10-7-11-17-35)20-46-22-12-8-6-9-13-22)31(44)40-19-23-25(34(23,4)5)26(40)30(43)37-24(18-21-14-15-21)27(41)29(36)42/h6,8-9,12-13,21,23-26,28H,7,10-11,14-20H2,1-5H3,(H2,36,42)(H,37,43)(H2,38,39,45)/t23-,24?,25-,26-,28+/m0/s1. The molecule has 5 atom stereocenters. The number of amides is 5. The molecule has 1 saturated heterocycles. The number of fused-ring (bicyclic) bond motifs is 1. The molecule has 1 aromatic rings. The van der Waals surface area contributed by atoms with Crippen LogP contribution in [0.3, 0.4) is 0 Å². The molecule has 0 aromatic heterocycles. The zero-order valence-corrected chi connectivity index (χ0v) is 28.7. The minimum Gasteiger partial charge on any atom is -0.363 e. The summed E-state index contributed by atoms with van der Waals surface area (Å²) in [5, 5.41) is 9.12. The van der Waals surface area contributed by atoms with E-state index in [1.165, 1.54) is 0 Å². The average Bonchev–Trinajstić information content (AvgIpc) is 3.85. The summed E-state index contributed by atoms with van der Waals surface area (Å²) < 4.78 is 0. The Labute approximate surface area is 277 Å². The quantitative estimate of drug-likeness (QED) is 0.198.